The lowest BCUT2D eigenvalue weighted by atomic mass is 9.59. The number of nitrogens with zero attached hydrogens (tertiary/aromatic N) is 2. The zero-order valence-electron chi connectivity index (χ0n) is 36.2. The van der Waals surface area contributed by atoms with Crippen LogP contribution in [0, 0.1) is 0 Å². The van der Waals surface area contributed by atoms with Crippen LogP contribution in [0.5, 0.6) is 0 Å². The van der Waals surface area contributed by atoms with E-state index < -0.39 is 5.41 Å². The molecule has 4 heteroatoms. The Bertz CT molecular complexity index is 4170. The second kappa shape index (κ2) is 14.1. The summed E-state index contributed by atoms with van der Waals surface area (Å²) < 4.78 is 5.12. The molecule has 1 aliphatic heterocycles. The normalized spacial score (nSPS) is 13.4. The molecule has 67 heavy (non-hydrogen) atoms. The predicted molar refractivity (Wildman–Crippen MR) is 285 cm³/mol. The fourth-order valence-electron chi connectivity index (χ4n) is 11.9. The highest BCUT2D eigenvalue weighted by Crippen LogP contribution is 2.62. The number of fused-ring (bicyclic) bond motifs is 15. The summed E-state index contributed by atoms with van der Waals surface area (Å²) in [6.07, 6.45) is 0. The summed E-state index contributed by atoms with van der Waals surface area (Å²) in [6.45, 7) is 0. The highest BCUT2D eigenvalue weighted by molar-refractivity contribution is 7.99. The van der Waals surface area contributed by atoms with Gasteiger partial charge in [-0.2, -0.15) is 0 Å². The van der Waals surface area contributed by atoms with Crippen LogP contribution < -0.4 is 4.90 Å². The topological polar surface area (TPSA) is 8.17 Å². The largest absolute Gasteiger partial charge is 0.310 e. The number of rotatable bonds is 4. The first-order valence-electron chi connectivity index (χ1n) is 23.0. The number of aromatic nitrogens is 1. The van der Waals surface area contributed by atoms with Gasteiger partial charge < -0.3 is 9.47 Å². The molecule has 0 atom stereocenters. The van der Waals surface area contributed by atoms with Crippen molar-refractivity contribution in [1.82, 2.24) is 4.57 Å². The van der Waals surface area contributed by atoms with Crippen LogP contribution in [-0.2, 0) is 5.41 Å². The molecule has 0 amide bonds. The van der Waals surface area contributed by atoms with Gasteiger partial charge >= 0.3 is 0 Å². The van der Waals surface area contributed by atoms with Crippen molar-refractivity contribution in [2.75, 3.05) is 4.90 Å². The van der Waals surface area contributed by atoms with E-state index in [0.29, 0.717) is 0 Å². The van der Waals surface area contributed by atoms with Crippen molar-refractivity contribution in [2.45, 2.75) is 15.2 Å². The third-order valence-electron chi connectivity index (χ3n) is 14.6. The molecule has 2 nitrogen and oxygen atoms in total. The number of benzene rings is 11. The van der Waals surface area contributed by atoms with Crippen LogP contribution >= 0.6 is 23.1 Å². The highest BCUT2D eigenvalue weighted by Gasteiger charge is 2.48. The average molecular weight is 887 g/mol. The van der Waals surface area contributed by atoms with E-state index in [2.05, 4.69) is 240 Å². The maximum absolute atomic E-state index is 2.54. The first-order valence-corrected chi connectivity index (χ1v) is 24.6. The van der Waals surface area contributed by atoms with Gasteiger partial charge in [-0.05, 0) is 116 Å². The van der Waals surface area contributed by atoms with E-state index in [1.165, 1.54) is 112 Å². The van der Waals surface area contributed by atoms with E-state index in [9.17, 15) is 0 Å². The molecule has 0 N–H and O–H groups in total. The van der Waals surface area contributed by atoms with E-state index >= 15 is 0 Å². The van der Waals surface area contributed by atoms with E-state index in [-0.39, 0.29) is 0 Å². The van der Waals surface area contributed by atoms with Crippen molar-refractivity contribution in [2.24, 2.45) is 0 Å². The number of anilines is 3. The molecule has 312 valence electrons. The molecular weight excluding hydrogens is 849 g/mol. The molecule has 0 radical (unpaired) electrons. The minimum atomic E-state index is -0.569. The fourth-order valence-corrected chi connectivity index (χ4v) is 14.3. The van der Waals surface area contributed by atoms with E-state index in [0.717, 1.165) is 17.1 Å². The lowest BCUT2D eigenvalue weighted by molar-refractivity contribution is 0.707. The van der Waals surface area contributed by atoms with E-state index in [1.54, 1.807) is 0 Å². The molecule has 0 unspecified atom stereocenters. The van der Waals surface area contributed by atoms with Crippen LogP contribution in [0.15, 0.2) is 240 Å². The molecule has 3 heterocycles. The Morgan fingerprint density at radius 2 is 0.985 bits per heavy atom. The Morgan fingerprint density at radius 1 is 0.373 bits per heavy atom. The zero-order valence-corrected chi connectivity index (χ0v) is 37.8. The number of hydrogen-bond acceptors (Lipinski definition) is 3. The quantitative estimate of drug-likeness (QED) is 0.174. The van der Waals surface area contributed by atoms with Gasteiger partial charge in [0.1, 0.15) is 0 Å². The lowest BCUT2D eigenvalue weighted by Gasteiger charge is -2.46. The van der Waals surface area contributed by atoms with Crippen molar-refractivity contribution in [3.8, 4) is 16.8 Å². The number of para-hydroxylation sites is 1. The van der Waals surface area contributed by atoms with Gasteiger partial charge in [-0.15, -0.1) is 11.3 Å². The maximum atomic E-state index is 2.54. The monoisotopic (exact) mass is 886 g/mol. The molecule has 0 fully saturated rings. The van der Waals surface area contributed by atoms with Gasteiger partial charge in [0.05, 0.1) is 27.8 Å². The van der Waals surface area contributed by atoms with Gasteiger partial charge in [0.25, 0.3) is 0 Å². The Kier molecular flexibility index (Phi) is 7.84. The summed E-state index contributed by atoms with van der Waals surface area (Å²) in [5.74, 6) is 0. The molecule has 1 spiro atoms. The molecule has 2 aliphatic rings. The third-order valence-corrected chi connectivity index (χ3v) is 16.9. The smallest absolute Gasteiger partial charge is 0.0736 e. The van der Waals surface area contributed by atoms with Crippen molar-refractivity contribution in [3.63, 3.8) is 0 Å². The lowest BCUT2D eigenvalue weighted by Crippen LogP contribution is -2.36. The summed E-state index contributed by atoms with van der Waals surface area (Å²) in [7, 11) is 0. The van der Waals surface area contributed by atoms with Crippen molar-refractivity contribution in [3.05, 3.63) is 253 Å². The second-order valence-corrected chi connectivity index (χ2v) is 20.1. The molecule has 15 rings (SSSR count). The van der Waals surface area contributed by atoms with Gasteiger partial charge in [-0.1, -0.05) is 176 Å². The van der Waals surface area contributed by atoms with E-state index in [4.69, 9.17) is 0 Å². The van der Waals surface area contributed by atoms with Crippen LogP contribution in [0.3, 0.4) is 0 Å². The molecule has 0 saturated carbocycles. The summed E-state index contributed by atoms with van der Waals surface area (Å²) in [4.78, 5) is 5.12. The summed E-state index contributed by atoms with van der Waals surface area (Å²) in [5, 5.41) is 10.1. The van der Waals surface area contributed by atoms with Crippen molar-refractivity contribution < 1.29 is 0 Å². The molecule has 2 aromatic heterocycles. The molecule has 0 bridgehead atoms. The second-order valence-electron chi connectivity index (χ2n) is 17.9. The van der Waals surface area contributed by atoms with Gasteiger partial charge in [-0.25, -0.2) is 0 Å². The first kappa shape index (κ1) is 37.3. The maximum Gasteiger partial charge on any atom is 0.0736 e. The number of thiophene rings is 1. The Labute approximate surface area is 395 Å². The standard InChI is InChI=1S/C63H38N2S2/c1-2-19-43-39(15-1)16-13-27-53(43)64(42-34-36-46-45-20-3-7-26-54(45)65(56(46)38-42)55-28-14-32-60-62(55)48-21-4-8-29-57(48)66-60)41-33-35-44-47-22-11-17-40-18-12-25-51(61(40)47)63(52(44)37-41)49-23-5-9-30-58(49)67-59-31-10-6-24-50(59)63/h1-38H. The Balaban J connectivity index is 1.05. The zero-order chi connectivity index (χ0) is 43.8. The fraction of sp³-hybridized carbons (Fsp3) is 0.0159. The summed E-state index contributed by atoms with van der Waals surface area (Å²) in [6, 6.07) is 86.6. The predicted octanol–water partition coefficient (Wildman–Crippen LogP) is 17.8. The number of hydrogen-bond donors (Lipinski definition) is 0. The minimum absolute atomic E-state index is 0.569. The molecular formula is C63H38N2S2. The summed E-state index contributed by atoms with van der Waals surface area (Å²) >= 11 is 3.76. The SMILES string of the molecule is c1ccc2c(c1)Sc1ccccc1C21c2cc(N(c3ccc4c5ccccc5n(-c5cccc6sc7ccccc7c56)c4c3)c3cccc4ccccc34)ccc2-c2cccc3cccc1c23. The minimum Gasteiger partial charge on any atom is -0.310 e. The van der Waals surface area contributed by atoms with Gasteiger partial charge in [0, 0.05) is 57.5 Å². The van der Waals surface area contributed by atoms with Crippen LogP contribution in [0.4, 0.5) is 17.1 Å². The van der Waals surface area contributed by atoms with Crippen LogP contribution in [0.1, 0.15) is 22.3 Å². The molecule has 0 saturated heterocycles. The van der Waals surface area contributed by atoms with Crippen LogP contribution in [-0.4, -0.2) is 4.57 Å². The van der Waals surface area contributed by atoms with Gasteiger partial charge in [0.15, 0.2) is 0 Å². The van der Waals surface area contributed by atoms with Crippen molar-refractivity contribution in [1.29, 1.82) is 0 Å². The molecule has 11 aromatic carbocycles. The highest BCUT2D eigenvalue weighted by atomic mass is 32.2. The Morgan fingerprint density at radius 3 is 1.85 bits per heavy atom. The van der Waals surface area contributed by atoms with Gasteiger partial charge in [0.2, 0.25) is 0 Å². The molecule has 1 aliphatic carbocycles. The average Bonchev–Trinajstić information content (AvgIpc) is 3.93. The van der Waals surface area contributed by atoms with Crippen LogP contribution in [0.25, 0.3) is 80.3 Å². The van der Waals surface area contributed by atoms with E-state index in [1.807, 2.05) is 23.1 Å². The van der Waals surface area contributed by atoms with Crippen molar-refractivity contribution >= 4 is 104 Å². The van der Waals surface area contributed by atoms with Crippen LogP contribution in [0.2, 0.25) is 0 Å². The Hall–Kier alpha value is -7.89. The summed E-state index contributed by atoms with van der Waals surface area (Å²) in [5.41, 5.74) is 14.2. The third kappa shape index (κ3) is 5.12. The first-order chi connectivity index (χ1) is 33.2. The molecule has 13 aromatic rings. The van der Waals surface area contributed by atoms with Gasteiger partial charge in [-0.3, -0.25) is 0 Å².